The molecule has 1 aromatic carbocycles. The molecule has 0 amide bonds. The third-order valence-electron chi connectivity index (χ3n) is 3.28. The van der Waals surface area contributed by atoms with Gasteiger partial charge in [-0.2, -0.15) is 0 Å². The Labute approximate surface area is 151 Å². The standard InChI is InChI=1S/C18H22O8/c1-5-7-25-17(21)13-9-11(15(19)23-3)12(16(20)24-4)10-14(13)18(22)26-8-6-2/h9-10H,5-8H2,1-4H3. The lowest BCUT2D eigenvalue weighted by molar-refractivity contribution is 0.0455. The molecule has 8 nitrogen and oxygen atoms in total. The Balaban J connectivity index is 3.55. The molecule has 0 aromatic heterocycles. The van der Waals surface area contributed by atoms with E-state index >= 15 is 0 Å². The maximum Gasteiger partial charge on any atom is 0.339 e. The van der Waals surface area contributed by atoms with Gasteiger partial charge in [-0.05, 0) is 25.0 Å². The SMILES string of the molecule is CCCOC(=O)c1cc(C(=O)OC)c(C(=O)OC)cc1C(=O)OCCC. The molecule has 0 saturated heterocycles. The summed E-state index contributed by atoms with van der Waals surface area (Å²) in [5.74, 6) is -3.33. The van der Waals surface area contributed by atoms with Crippen molar-refractivity contribution in [2.24, 2.45) is 0 Å². The van der Waals surface area contributed by atoms with Gasteiger partial charge in [-0.1, -0.05) is 13.8 Å². The van der Waals surface area contributed by atoms with Crippen LogP contribution in [0, 0.1) is 0 Å². The van der Waals surface area contributed by atoms with Crippen molar-refractivity contribution in [3.8, 4) is 0 Å². The molecule has 0 aliphatic heterocycles. The van der Waals surface area contributed by atoms with Crippen LogP contribution in [0.4, 0.5) is 0 Å². The minimum atomic E-state index is -0.858. The smallest absolute Gasteiger partial charge is 0.339 e. The van der Waals surface area contributed by atoms with Crippen LogP contribution in [0.25, 0.3) is 0 Å². The fourth-order valence-corrected chi connectivity index (χ4v) is 2.04. The first kappa shape index (κ1) is 21.1. The molecule has 0 fully saturated rings. The summed E-state index contributed by atoms with van der Waals surface area (Å²) in [7, 11) is 2.25. The molecule has 142 valence electrons. The van der Waals surface area contributed by atoms with Crippen molar-refractivity contribution in [1.29, 1.82) is 0 Å². The van der Waals surface area contributed by atoms with Gasteiger partial charge in [-0.3, -0.25) is 0 Å². The van der Waals surface area contributed by atoms with Gasteiger partial charge in [0.25, 0.3) is 0 Å². The van der Waals surface area contributed by atoms with Crippen LogP contribution in [0.1, 0.15) is 68.1 Å². The highest BCUT2D eigenvalue weighted by molar-refractivity contribution is 6.10. The van der Waals surface area contributed by atoms with Gasteiger partial charge in [0.1, 0.15) is 0 Å². The average molecular weight is 366 g/mol. The van der Waals surface area contributed by atoms with E-state index in [0.29, 0.717) is 12.8 Å². The van der Waals surface area contributed by atoms with Gasteiger partial charge in [0.05, 0.1) is 49.7 Å². The van der Waals surface area contributed by atoms with E-state index in [-0.39, 0.29) is 35.5 Å². The monoisotopic (exact) mass is 366 g/mol. The first-order valence-corrected chi connectivity index (χ1v) is 8.10. The predicted octanol–water partition coefficient (Wildman–Crippen LogP) is 2.39. The van der Waals surface area contributed by atoms with E-state index in [4.69, 9.17) is 9.47 Å². The van der Waals surface area contributed by atoms with E-state index in [1.807, 2.05) is 13.8 Å². The minimum absolute atomic E-state index is 0.134. The number of methoxy groups -OCH3 is 2. The normalized spacial score (nSPS) is 10.0. The van der Waals surface area contributed by atoms with E-state index < -0.39 is 23.9 Å². The lowest BCUT2D eigenvalue weighted by Gasteiger charge is -2.13. The van der Waals surface area contributed by atoms with Gasteiger partial charge >= 0.3 is 23.9 Å². The van der Waals surface area contributed by atoms with Gasteiger partial charge < -0.3 is 18.9 Å². The quantitative estimate of drug-likeness (QED) is 0.510. The van der Waals surface area contributed by atoms with Gasteiger partial charge in [0.2, 0.25) is 0 Å². The molecule has 1 aromatic rings. The van der Waals surface area contributed by atoms with Crippen LogP contribution in [0.5, 0.6) is 0 Å². The van der Waals surface area contributed by atoms with Crippen molar-refractivity contribution in [2.75, 3.05) is 27.4 Å². The number of rotatable bonds is 8. The number of hydrogen-bond acceptors (Lipinski definition) is 8. The highest BCUT2D eigenvalue weighted by Gasteiger charge is 2.28. The van der Waals surface area contributed by atoms with Crippen LogP contribution >= 0.6 is 0 Å². The molecule has 1 rings (SSSR count). The lowest BCUT2D eigenvalue weighted by atomic mass is 9.98. The Morgan fingerprint density at radius 3 is 1.23 bits per heavy atom. The fourth-order valence-electron chi connectivity index (χ4n) is 2.04. The summed E-state index contributed by atoms with van der Waals surface area (Å²) < 4.78 is 19.4. The maximum atomic E-state index is 12.3. The summed E-state index contributed by atoms with van der Waals surface area (Å²) >= 11 is 0. The van der Waals surface area contributed by atoms with Crippen molar-refractivity contribution in [2.45, 2.75) is 26.7 Å². The number of carbonyl (C=O) groups excluding carboxylic acids is 4. The molecule has 0 bridgehead atoms. The number of carbonyl (C=O) groups is 4. The Hall–Kier alpha value is -2.90. The Morgan fingerprint density at radius 2 is 0.962 bits per heavy atom. The third-order valence-corrected chi connectivity index (χ3v) is 3.28. The van der Waals surface area contributed by atoms with Crippen molar-refractivity contribution in [3.05, 3.63) is 34.4 Å². The van der Waals surface area contributed by atoms with Crippen molar-refractivity contribution in [3.63, 3.8) is 0 Å². The highest BCUT2D eigenvalue weighted by atomic mass is 16.5. The topological polar surface area (TPSA) is 105 Å². The predicted molar refractivity (Wildman–Crippen MR) is 90.3 cm³/mol. The number of esters is 4. The molecule has 0 spiro atoms. The van der Waals surface area contributed by atoms with E-state index in [2.05, 4.69) is 9.47 Å². The van der Waals surface area contributed by atoms with Gasteiger partial charge in [0, 0.05) is 0 Å². The number of hydrogen-bond donors (Lipinski definition) is 0. The molecule has 8 heteroatoms. The Kier molecular flexibility index (Phi) is 8.27. The van der Waals surface area contributed by atoms with Crippen LogP contribution < -0.4 is 0 Å². The highest BCUT2D eigenvalue weighted by Crippen LogP contribution is 2.21. The largest absolute Gasteiger partial charge is 0.465 e. The molecular weight excluding hydrogens is 344 g/mol. The van der Waals surface area contributed by atoms with Crippen LogP contribution in [0.3, 0.4) is 0 Å². The summed E-state index contributed by atoms with van der Waals surface area (Å²) in [6.07, 6.45) is 1.15. The van der Waals surface area contributed by atoms with E-state index in [1.165, 1.54) is 0 Å². The Bertz CT molecular complexity index is 634. The third kappa shape index (κ3) is 5.05. The molecule has 0 saturated carbocycles. The first-order valence-electron chi connectivity index (χ1n) is 8.10. The van der Waals surface area contributed by atoms with Gasteiger partial charge in [-0.25, -0.2) is 19.2 Å². The van der Waals surface area contributed by atoms with E-state index in [1.54, 1.807) is 0 Å². The molecule has 0 aliphatic rings. The molecule has 0 unspecified atom stereocenters. The zero-order valence-electron chi connectivity index (χ0n) is 15.2. The number of benzene rings is 1. The zero-order chi connectivity index (χ0) is 19.7. The summed E-state index contributed by atoms with van der Waals surface area (Å²) in [5.41, 5.74) is -0.801. The molecule has 0 atom stereocenters. The van der Waals surface area contributed by atoms with Crippen molar-refractivity contribution < 1.29 is 38.1 Å². The van der Waals surface area contributed by atoms with E-state index in [0.717, 1.165) is 26.4 Å². The molecule has 0 aliphatic carbocycles. The van der Waals surface area contributed by atoms with Gasteiger partial charge in [-0.15, -0.1) is 0 Å². The molecule has 0 N–H and O–H groups in total. The van der Waals surface area contributed by atoms with Crippen molar-refractivity contribution in [1.82, 2.24) is 0 Å². The van der Waals surface area contributed by atoms with Gasteiger partial charge in [0.15, 0.2) is 0 Å². The van der Waals surface area contributed by atoms with Crippen LogP contribution in [0.2, 0.25) is 0 Å². The lowest BCUT2D eigenvalue weighted by Crippen LogP contribution is -2.20. The molecule has 0 radical (unpaired) electrons. The Morgan fingerprint density at radius 1 is 0.654 bits per heavy atom. The molecule has 0 heterocycles. The fraction of sp³-hybridized carbons (Fsp3) is 0.444. The van der Waals surface area contributed by atoms with Crippen LogP contribution in [-0.2, 0) is 18.9 Å². The zero-order valence-corrected chi connectivity index (χ0v) is 15.2. The second-order valence-electron chi connectivity index (χ2n) is 5.20. The first-order chi connectivity index (χ1) is 12.4. The maximum absolute atomic E-state index is 12.3. The molecule has 26 heavy (non-hydrogen) atoms. The van der Waals surface area contributed by atoms with Crippen LogP contribution in [0.15, 0.2) is 12.1 Å². The van der Waals surface area contributed by atoms with Crippen LogP contribution in [-0.4, -0.2) is 51.3 Å². The summed E-state index contributed by atoms with van der Waals surface area (Å²) in [6, 6.07) is 2.16. The number of ether oxygens (including phenoxy) is 4. The average Bonchev–Trinajstić information content (AvgIpc) is 2.67. The summed E-state index contributed by atoms with van der Waals surface area (Å²) in [4.78, 5) is 48.6. The second-order valence-corrected chi connectivity index (χ2v) is 5.20. The minimum Gasteiger partial charge on any atom is -0.465 e. The van der Waals surface area contributed by atoms with E-state index in [9.17, 15) is 19.2 Å². The second kappa shape index (κ2) is 10.2. The van der Waals surface area contributed by atoms with Crippen molar-refractivity contribution >= 4 is 23.9 Å². The molecular formula is C18H22O8. The summed E-state index contributed by atoms with van der Waals surface area (Å²) in [6.45, 7) is 3.89. The summed E-state index contributed by atoms with van der Waals surface area (Å²) in [5, 5.41) is 0.